The van der Waals surface area contributed by atoms with Gasteiger partial charge in [0.2, 0.25) is 0 Å². The highest BCUT2D eigenvalue weighted by Crippen LogP contribution is 2.20. The van der Waals surface area contributed by atoms with Gasteiger partial charge in [0.1, 0.15) is 11.6 Å². The van der Waals surface area contributed by atoms with Gasteiger partial charge in [-0.3, -0.25) is 0 Å². The van der Waals surface area contributed by atoms with Gasteiger partial charge in [-0.25, -0.2) is 9.67 Å². The van der Waals surface area contributed by atoms with Gasteiger partial charge in [-0.1, -0.05) is 18.2 Å². The Labute approximate surface area is 95.1 Å². The zero-order chi connectivity index (χ0) is 11.7. The number of aryl methyl sites for hydroxylation is 2. The molecule has 2 aromatic rings. The summed E-state index contributed by atoms with van der Waals surface area (Å²) < 4.78 is 1.84. The molecule has 2 N–H and O–H groups in total. The van der Waals surface area contributed by atoms with Crippen molar-refractivity contribution in [2.24, 2.45) is 5.73 Å². The van der Waals surface area contributed by atoms with Crippen LogP contribution in [-0.2, 0) is 0 Å². The Kier molecular flexibility index (Phi) is 2.75. The number of rotatable bonds is 2. The van der Waals surface area contributed by atoms with Crippen molar-refractivity contribution in [1.29, 1.82) is 0 Å². The molecule has 16 heavy (non-hydrogen) atoms. The van der Waals surface area contributed by atoms with Crippen molar-refractivity contribution in [3.63, 3.8) is 0 Å². The summed E-state index contributed by atoms with van der Waals surface area (Å²) in [5.74, 6) is 1.66. The van der Waals surface area contributed by atoms with Crippen LogP contribution in [0.25, 0.3) is 5.69 Å². The van der Waals surface area contributed by atoms with E-state index in [-0.39, 0.29) is 6.04 Å². The Hall–Kier alpha value is -1.68. The first-order chi connectivity index (χ1) is 7.59. The Balaban J connectivity index is 2.59. The predicted molar refractivity (Wildman–Crippen MR) is 63.4 cm³/mol. The summed E-state index contributed by atoms with van der Waals surface area (Å²) in [6.45, 7) is 5.80. The lowest BCUT2D eigenvalue weighted by Gasteiger charge is -2.12. The topological polar surface area (TPSA) is 56.7 Å². The van der Waals surface area contributed by atoms with Crippen LogP contribution >= 0.6 is 0 Å². The molecule has 0 spiro atoms. The van der Waals surface area contributed by atoms with Crippen molar-refractivity contribution in [2.45, 2.75) is 26.8 Å². The molecule has 4 nitrogen and oxygen atoms in total. The van der Waals surface area contributed by atoms with Crippen molar-refractivity contribution < 1.29 is 0 Å². The van der Waals surface area contributed by atoms with Gasteiger partial charge in [-0.15, -0.1) is 0 Å². The van der Waals surface area contributed by atoms with Crippen molar-refractivity contribution in [2.75, 3.05) is 0 Å². The minimum atomic E-state index is -0.0138. The van der Waals surface area contributed by atoms with Crippen LogP contribution in [0.15, 0.2) is 24.3 Å². The molecule has 1 aromatic carbocycles. The first-order valence-electron chi connectivity index (χ1n) is 5.34. The zero-order valence-corrected chi connectivity index (χ0v) is 9.81. The fourth-order valence-electron chi connectivity index (χ4n) is 1.81. The molecule has 4 heteroatoms. The first kappa shape index (κ1) is 10.8. The van der Waals surface area contributed by atoms with Gasteiger partial charge < -0.3 is 5.73 Å². The molecule has 0 aliphatic rings. The highest BCUT2D eigenvalue weighted by Gasteiger charge is 2.11. The highest BCUT2D eigenvalue weighted by atomic mass is 15.3. The molecule has 0 saturated carbocycles. The second-order valence-corrected chi connectivity index (χ2v) is 3.97. The minimum absolute atomic E-state index is 0.0138. The maximum atomic E-state index is 5.95. The molecule has 1 aromatic heterocycles. The number of nitrogens with two attached hydrogens (primary N) is 1. The molecule has 0 fully saturated rings. The van der Waals surface area contributed by atoms with E-state index in [1.165, 1.54) is 0 Å². The number of para-hydroxylation sites is 1. The molecule has 1 atom stereocenters. The summed E-state index contributed by atoms with van der Waals surface area (Å²) in [5, 5.41) is 4.37. The van der Waals surface area contributed by atoms with Crippen molar-refractivity contribution >= 4 is 0 Å². The van der Waals surface area contributed by atoms with E-state index in [2.05, 4.69) is 10.1 Å². The maximum Gasteiger partial charge on any atom is 0.148 e. The van der Waals surface area contributed by atoms with Crippen LogP contribution in [0, 0.1) is 13.8 Å². The van der Waals surface area contributed by atoms with Crippen LogP contribution in [0.5, 0.6) is 0 Å². The first-order valence-corrected chi connectivity index (χ1v) is 5.34. The molecule has 0 unspecified atom stereocenters. The van der Waals surface area contributed by atoms with E-state index in [1.807, 2.05) is 49.7 Å². The molecule has 0 radical (unpaired) electrons. The molecule has 0 amide bonds. The molecular weight excluding hydrogens is 200 g/mol. The molecule has 0 aliphatic heterocycles. The zero-order valence-electron chi connectivity index (χ0n) is 9.81. The van der Waals surface area contributed by atoms with Gasteiger partial charge in [0.05, 0.1) is 5.69 Å². The van der Waals surface area contributed by atoms with E-state index in [9.17, 15) is 0 Å². The van der Waals surface area contributed by atoms with E-state index in [0.717, 1.165) is 22.9 Å². The third-order valence-corrected chi connectivity index (χ3v) is 2.53. The summed E-state index contributed by atoms with van der Waals surface area (Å²) in [6, 6.07) is 8.00. The maximum absolute atomic E-state index is 5.95. The summed E-state index contributed by atoms with van der Waals surface area (Å²) in [6.07, 6.45) is 0. The van der Waals surface area contributed by atoms with Crippen molar-refractivity contribution in [1.82, 2.24) is 14.8 Å². The summed E-state index contributed by atoms with van der Waals surface area (Å²) >= 11 is 0. The Morgan fingerprint density at radius 1 is 1.25 bits per heavy atom. The Morgan fingerprint density at radius 2 is 1.94 bits per heavy atom. The molecule has 2 rings (SSSR count). The fraction of sp³-hybridized carbons (Fsp3) is 0.333. The lowest BCUT2D eigenvalue weighted by Crippen LogP contribution is -2.11. The number of hydrogen-bond acceptors (Lipinski definition) is 3. The van der Waals surface area contributed by atoms with Gasteiger partial charge in [0.25, 0.3) is 0 Å². The van der Waals surface area contributed by atoms with Crippen LogP contribution in [-0.4, -0.2) is 14.8 Å². The standard InChI is InChI=1S/C12H16N4/c1-8(13)11-6-4-5-7-12(11)16-10(3)14-9(2)15-16/h4-8H,13H2,1-3H3/t8-/m1/s1. The number of hydrogen-bond donors (Lipinski definition) is 1. The average Bonchev–Trinajstić information content (AvgIpc) is 2.57. The van der Waals surface area contributed by atoms with E-state index in [0.29, 0.717) is 0 Å². The van der Waals surface area contributed by atoms with Gasteiger partial charge in [0.15, 0.2) is 0 Å². The second kappa shape index (κ2) is 4.06. The smallest absolute Gasteiger partial charge is 0.148 e. The Morgan fingerprint density at radius 3 is 2.50 bits per heavy atom. The quantitative estimate of drug-likeness (QED) is 0.834. The summed E-state index contributed by atoms with van der Waals surface area (Å²) in [4.78, 5) is 4.30. The van der Waals surface area contributed by atoms with Gasteiger partial charge >= 0.3 is 0 Å². The van der Waals surface area contributed by atoms with Gasteiger partial charge in [-0.05, 0) is 32.4 Å². The molecule has 0 saturated heterocycles. The number of benzene rings is 1. The molecule has 0 aliphatic carbocycles. The minimum Gasteiger partial charge on any atom is -0.324 e. The monoisotopic (exact) mass is 216 g/mol. The highest BCUT2D eigenvalue weighted by molar-refractivity contribution is 5.42. The second-order valence-electron chi connectivity index (χ2n) is 3.97. The molecule has 1 heterocycles. The van der Waals surface area contributed by atoms with Crippen molar-refractivity contribution in [3.8, 4) is 5.69 Å². The summed E-state index contributed by atoms with van der Waals surface area (Å²) in [5.41, 5.74) is 8.04. The van der Waals surface area contributed by atoms with E-state index < -0.39 is 0 Å². The van der Waals surface area contributed by atoms with Crippen LogP contribution < -0.4 is 5.73 Å². The number of aromatic nitrogens is 3. The largest absolute Gasteiger partial charge is 0.324 e. The lowest BCUT2D eigenvalue weighted by molar-refractivity contribution is 0.765. The van der Waals surface area contributed by atoms with Crippen LogP contribution in [0.4, 0.5) is 0 Å². The molecule has 0 bridgehead atoms. The third-order valence-electron chi connectivity index (χ3n) is 2.53. The third kappa shape index (κ3) is 1.84. The van der Waals surface area contributed by atoms with E-state index in [1.54, 1.807) is 0 Å². The lowest BCUT2D eigenvalue weighted by atomic mass is 10.1. The van der Waals surface area contributed by atoms with E-state index in [4.69, 9.17) is 5.73 Å². The molecule has 84 valence electrons. The van der Waals surface area contributed by atoms with Crippen molar-refractivity contribution in [3.05, 3.63) is 41.5 Å². The average molecular weight is 216 g/mol. The number of nitrogens with zero attached hydrogens (tertiary/aromatic N) is 3. The summed E-state index contributed by atoms with van der Waals surface area (Å²) in [7, 11) is 0. The SMILES string of the molecule is Cc1nc(C)n(-c2ccccc2[C@@H](C)N)n1. The molecular formula is C12H16N4. The van der Waals surface area contributed by atoms with Gasteiger partial charge in [0, 0.05) is 6.04 Å². The van der Waals surface area contributed by atoms with Crippen LogP contribution in [0.1, 0.15) is 30.2 Å². The van der Waals surface area contributed by atoms with E-state index >= 15 is 0 Å². The van der Waals surface area contributed by atoms with Crippen LogP contribution in [0.3, 0.4) is 0 Å². The van der Waals surface area contributed by atoms with Crippen LogP contribution in [0.2, 0.25) is 0 Å². The normalized spacial score (nSPS) is 12.8. The Bertz CT molecular complexity index is 499. The van der Waals surface area contributed by atoms with Gasteiger partial charge in [-0.2, -0.15) is 5.10 Å². The predicted octanol–water partition coefficient (Wildman–Crippen LogP) is 1.90. The fourth-order valence-corrected chi connectivity index (χ4v) is 1.81.